The minimum Gasteiger partial charge on any atom is -0.462 e. The molecule has 0 aromatic rings. The lowest BCUT2D eigenvalue weighted by molar-refractivity contribution is -0.167. The van der Waals surface area contributed by atoms with Gasteiger partial charge in [-0.3, -0.25) is 14.4 Å². The van der Waals surface area contributed by atoms with Gasteiger partial charge in [0.15, 0.2) is 6.10 Å². The van der Waals surface area contributed by atoms with Crippen LogP contribution in [-0.4, -0.2) is 37.2 Å². The monoisotopic (exact) mass is 1060 g/mol. The average Bonchev–Trinajstić information content (AvgIpc) is 3.43. The van der Waals surface area contributed by atoms with E-state index in [2.05, 4.69) is 167 Å². The third kappa shape index (κ3) is 62.0. The molecule has 0 aliphatic heterocycles. The maximum absolute atomic E-state index is 12.9. The van der Waals surface area contributed by atoms with Crippen LogP contribution >= 0.6 is 0 Å². The van der Waals surface area contributed by atoms with Gasteiger partial charge in [-0.25, -0.2) is 0 Å². The van der Waals surface area contributed by atoms with Gasteiger partial charge in [-0.1, -0.05) is 250 Å². The van der Waals surface area contributed by atoms with Gasteiger partial charge in [-0.15, -0.1) is 0 Å². The Hall–Kier alpha value is -4.71. The highest BCUT2D eigenvalue weighted by Gasteiger charge is 2.19. The number of esters is 3. The maximum atomic E-state index is 12.9. The number of hydrogen-bond acceptors (Lipinski definition) is 6. The molecule has 0 rings (SSSR count). The Labute approximate surface area is 474 Å². The van der Waals surface area contributed by atoms with Crippen LogP contribution in [0.25, 0.3) is 0 Å². The molecule has 6 heteroatoms. The van der Waals surface area contributed by atoms with Crippen molar-refractivity contribution in [2.45, 2.75) is 271 Å². The van der Waals surface area contributed by atoms with Crippen molar-refractivity contribution in [3.63, 3.8) is 0 Å². The third-order valence-electron chi connectivity index (χ3n) is 12.8. The lowest BCUT2D eigenvalue weighted by Crippen LogP contribution is -2.30. The smallest absolute Gasteiger partial charge is 0.306 e. The predicted molar refractivity (Wildman–Crippen MR) is 334 cm³/mol. The van der Waals surface area contributed by atoms with Crippen molar-refractivity contribution in [2.24, 2.45) is 0 Å². The number of allylic oxidation sites excluding steroid dienone is 24. The molecule has 434 valence electrons. The first kappa shape index (κ1) is 72.3. The molecule has 0 aromatic carbocycles. The van der Waals surface area contributed by atoms with Crippen LogP contribution in [0, 0.1) is 0 Å². The lowest BCUT2D eigenvalue weighted by atomic mass is 10.1. The molecule has 0 saturated carbocycles. The van der Waals surface area contributed by atoms with Gasteiger partial charge in [-0.05, 0) is 141 Å². The first-order chi connectivity index (χ1) is 38.0. The fourth-order valence-electron chi connectivity index (χ4n) is 8.17. The highest BCUT2D eigenvalue weighted by atomic mass is 16.6. The summed E-state index contributed by atoms with van der Waals surface area (Å²) in [5, 5.41) is 0. The van der Waals surface area contributed by atoms with Crippen LogP contribution in [0.4, 0.5) is 0 Å². The predicted octanol–water partition coefficient (Wildman–Crippen LogP) is 21.5. The van der Waals surface area contributed by atoms with Gasteiger partial charge >= 0.3 is 17.9 Å². The molecule has 0 heterocycles. The number of rotatable bonds is 55. The first-order valence-corrected chi connectivity index (χ1v) is 31.3. The zero-order valence-corrected chi connectivity index (χ0v) is 49.7. The Morgan fingerprint density at radius 2 is 0.506 bits per heavy atom. The molecular formula is C71H114O6. The third-order valence-corrected chi connectivity index (χ3v) is 12.8. The van der Waals surface area contributed by atoms with E-state index in [9.17, 15) is 14.4 Å². The summed E-state index contributed by atoms with van der Waals surface area (Å²) in [5.74, 6) is -0.994. The normalized spacial score (nSPS) is 13.1. The van der Waals surface area contributed by atoms with Crippen LogP contribution < -0.4 is 0 Å². The summed E-state index contributed by atoms with van der Waals surface area (Å²) in [6, 6.07) is 0. The largest absolute Gasteiger partial charge is 0.462 e. The first-order valence-electron chi connectivity index (χ1n) is 31.3. The van der Waals surface area contributed by atoms with Crippen molar-refractivity contribution in [3.8, 4) is 0 Å². The Bertz CT molecular complexity index is 1700. The van der Waals surface area contributed by atoms with E-state index >= 15 is 0 Å². The number of carbonyl (C=O) groups excluding carboxylic acids is 3. The average molecular weight is 1060 g/mol. The van der Waals surface area contributed by atoms with Gasteiger partial charge in [0.2, 0.25) is 0 Å². The molecule has 0 aliphatic carbocycles. The maximum Gasteiger partial charge on any atom is 0.306 e. The van der Waals surface area contributed by atoms with Gasteiger partial charge in [0.05, 0.1) is 0 Å². The standard InChI is InChI=1S/C71H114O6/c1-4-7-10-13-16-19-22-25-27-29-31-33-34-35-36-38-39-41-43-46-49-52-55-58-61-64-70(73)76-67-68(66-75-69(72)63-60-57-54-51-48-45-24-21-18-15-12-9-6-3)77-71(74)65-62-59-56-53-50-47-44-42-40-37-32-30-28-26-23-20-17-14-11-8-5-2/h8-9,11-12,17-18,20-22,25-26,28-29,31-32,34-35,37,42,44-45,48,50,53,68H,4-7,10,13-16,19,23-24,27,30,33,36,38-41,43,46-47,49,51-52,54-67H2,1-3H3/b11-8-,12-9-,20-17-,21-18-,25-22-,28-26-,31-29-,35-34-,37-32-,44-42-,48-45-,53-50-. The van der Waals surface area contributed by atoms with E-state index in [0.29, 0.717) is 19.3 Å². The van der Waals surface area contributed by atoms with Crippen LogP contribution in [0.5, 0.6) is 0 Å². The number of carbonyl (C=O) groups is 3. The van der Waals surface area contributed by atoms with Crippen molar-refractivity contribution in [2.75, 3.05) is 13.2 Å². The molecule has 0 N–H and O–H groups in total. The van der Waals surface area contributed by atoms with Gasteiger partial charge in [-0.2, -0.15) is 0 Å². The van der Waals surface area contributed by atoms with Crippen LogP contribution in [0.2, 0.25) is 0 Å². The Morgan fingerprint density at radius 1 is 0.273 bits per heavy atom. The molecule has 0 amide bonds. The van der Waals surface area contributed by atoms with Crippen molar-refractivity contribution in [3.05, 3.63) is 146 Å². The fourth-order valence-corrected chi connectivity index (χ4v) is 8.17. The van der Waals surface area contributed by atoms with Crippen LogP contribution in [-0.2, 0) is 28.6 Å². The fraction of sp³-hybridized carbons (Fsp3) is 0.620. The highest BCUT2D eigenvalue weighted by Crippen LogP contribution is 2.14. The van der Waals surface area contributed by atoms with Gasteiger partial charge in [0, 0.05) is 19.3 Å². The zero-order valence-electron chi connectivity index (χ0n) is 49.7. The minimum absolute atomic E-state index is 0.113. The summed E-state index contributed by atoms with van der Waals surface area (Å²) >= 11 is 0. The summed E-state index contributed by atoms with van der Waals surface area (Å²) in [4.78, 5) is 38.3. The van der Waals surface area contributed by atoms with Crippen molar-refractivity contribution in [1.29, 1.82) is 0 Å². The SMILES string of the molecule is CC/C=C\C/C=C\C/C=C\C/C=C\C/C=C\C/C=C\CCCCC(=O)OC(COC(=O)CCCCC/C=C\C/C=C\C/C=C\CC)COC(=O)CCCCCCCCCCCC/C=C\C/C=C\C/C=C\CCCCCCC. The number of hydrogen-bond donors (Lipinski definition) is 0. The van der Waals surface area contributed by atoms with E-state index in [-0.39, 0.29) is 37.5 Å². The van der Waals surface area contributed by atoms with Crippen molar-refractivity contribution < 1.29 is 28.6 Å². The molecule has 0 spiro atoms. The summed E-state index contributed by atoms with van der Waals surface area (Å²) in [6.07, 6.45) is 91.4. The summed E-state index contributed by atoms with van der Waals surface area (Å²) in [6.45, 7) is 6.33. The number of unbranched alkanes of at least 4 members (excludes halogenated alkanes) is 20. The molecule has 0 aromatic heterocycles. The molecule has 0 fully saturated rings. The van der Waals surface area contributed by atoms with E-state index in [0.717, 1.165) is 128 Å². The topological polar surface area (TPSA) is 78.9 Å². The number of ether oxygens (including phenoxy) is 3. The molecule has 0 saturated heterocycles. The molecule has 1 unspecified atom stereocenters. The zero-order chi connectivity index (χ0) is 55.7. The van der Waals surface area contributed by atoms with Crippen LogP contribution in [0.3, 0.4) is 0 Å². The Balaban J connectivity index is 4.45. The van der Waals surface area contributed by atoms with Crippen molar-refractivity contribution in [1.82, 2.24) is 0 Å². The molecule has 0 radical (unpaired) electrons. The summed E-state index contributed by atoms with van der Waals surface area (Å²) in [5.41, 5.74) is 0. The molecular weight excluding hydrogens is 949 g/mol. The quantitative estimate of drug-likeness (QED) is 0.0261. The summed E-state index contributed by atoms with van der Waals surface area (Å²) < 4.78 is 16.8. The minimum atomic E-state index is -0.823. The van der Waals surface area contributed by atoms with Crippen molar-refractivity contribution >= 4 is 17.9 Å². The second kappa shape index (κ2) is 63.8. The van der Waals surface area contributed by atoms with E-state index in [4.69, 9.17) is 14.2 Å². The molecule has 77 heavy (non-hydrogen) atoms. The molecule has 0 bridgehead atoms. The van der Waals surface area contributed by atoms with Gasteiger partial charge in [0.25, 0.3) is 0 Å². The van der Waals surface area contributed by atoms with E-state index in [1.165, 1.54) is 89.9 Å². The van der Waals surface area contributed by atoms with E-state index < -0.39 is 6.10 Å². The van der Waals surface area contributed by atoms with Crippen LogP contribution in [0.15, 0.2) is 146 Å². The second-order valence-electron chi connectivity index (χ2n) is 20.2. The van der Waals surface area contributed by atoms with E-state index in [1.54, 1.807) is 0 Å². The van der Waals surface area contributed by atoms with Gasteiger partial charge in [0.1, 0.15) is 13.2 Å². The highest BCUT2D eigenvalue weighted by molar-refractivity contribution is 5.71. The molecule has 0 aliphatic rings. The molecule has 6 nitrogen and oxygen atoms in total. The van der Waals surface area contributed by atoms with Crippen LogP contribution in [0.1, 0.15) is 265 Å². The lowest BCUT2D eigenvalue weighted by Gasteiger charge is -2.18. The molecule has 1 atom stereocenters. The van der Waals surface area contributed by atoms with E-state index in [1.807, 2.05) is 0 Å². The Kier molecular flexibility index (Phi) is 59.9. The summed E-state index contributed by atoms with van der Waals surface area (Å²) in [7, 11) is 0. The Morgan fingerprint density at radius 3 is 0.831 bits per heavy atom. The second-order valence-corrected chi connectivity index (χ2v) is 20.2. The van der Waals surface area contributed by atoms with Gasteiger partial charge < -0.3 is 14.2 Å².